The van der Waals surface area contributed by atoms with Gasteiger partial charge < -0.3 is 4.74 Å². The number of carbonyl (C=O) groups is 2. The van der Waals surface area contributed by atoms with Crippen molar-refractivity contribution >= 4 is 23.2 Å². The minimum Gasteiger partial charge on any atom is -0.461 e. The molecular formula is C24H26N2O3. The van der Waals surface area contributed by atoms with Gasteiger partial charge in [-0.3, -0.25) is 19.5 Å². The Kier molecular flexibility index (Phi) is 3.43. The Morgan fingerprint density at radius 3 is 2.83 bits per heavy atom. The molecule has 5 nitrogen and oxygen atoms in total. The predicted molar refractivity (Wildman–Crippen MR) is 109 cm³/mol. The summed E-state index contributed by atoms with van der Waals surface area (Å²) >= 11 is 0. The smallest absolute Gasteiger partial charge is 0.302 e. The van der Waals surface area contributed by atoms with E-state index in [1.807, 2.05) is 6.07 Å². The first-order valence-corrected chi connectivity index (χ1v) is 10.8. The molecule has 7 rings (SSSR count). The highest BCUT2D eigenvalue weighted by molar-refractivity contribution is 6.08. The molecule has 5 aliphatic heterocycles. The predicted octanol–water partition coefficient (Wildman–Crippen LogP) is 3.20. The normalized spacial score (nSPS) is 45.3. The number of benzene rings is 1. The number of carbonyl (C=O) groups excluding carboxylic acids is 2. The maximum atomic E-state index is 12.2. The fraction of sp³-hybridized carbons (Fsp3) is 0.542. The summed E-state index contributed by atoms with van der Waals surface area (Å²) < 4.78 is 6.14. The zero-order valence-electron chi connectivity index (χ0n) is 17.0. The van der Waals surface area contributed by atoms with E-state index in [4.69, 9.17) is 9.73 Å². The van der Waals surface area contributed by atoms with Crippen LogP contribution >= 0.6 is 0 Å². The van der Waals surface area contributed by atoms with Crippen LogP contribution in [0.1, 0.15) is 39.2 Å². The number of allylic oxidation sites excluding steroid dienone is 1. The number of nitrogens with zero attached hydrogens (tertiary/aromatic N) is 2. The minimum atomic E-state index is -0.271. The maximum Gasteiger partial charge on any atom is 0.302 e. The Hall–Kier alpha value is -2.27. The Bertz CT molecular complexity index is 998. The number of rotatable bonds is 3. The van der Waals surface area contributed by atoms with E-state index in [-0.39, 0.29) is 29.2 Å². The van der Waals surface area contributed by atoms with E-state index in [9.17, 15) is 9.59 Å². The Balaban J connectivity index is 1.53. The minimum absolute atomic E-state index is 0.0891. The van der Waals surface area contributed by atoms with Gasteiger partial charge in [0.25, 0.3) is 0 Å². The standard InChI is InChI=1S/C24H26N2O3/c1-12(27)8-9-15-13(2)26-19-10-16(15)21-20(26)11-24(23(21)29-14(3)28)17-6-4-5-7-18(17)25-22(19)24/h4-9,13,15-16,19-21,23H,10-11H2,1-3H3/b9-8+/t13-,15-,16-,19-,20-,21?,23+,24+/m0/s1. The molecular weight excluding hydrogens is 364 g/mol. The van der Waals surface area contributed by atoms with Gasteiger partial charge in [0.15, 0.2) is 5.78 Å². The number of aliphatic imine (C=N–C) groups is 1. The zero-order valence-corrected chi connectivity index (χ0v) is 17.0. The topological polar surface area (TPSA) is 59.0 Å². The number of ether oxygens (including phenoxy) is 1. The number of ketones is 1. The third kappa shape index (κ3) is 2.02. The lowest BCUT2D eigenvalue weighted by atomic mass is 9.62. The van der Waals surface area contributed by atoms with Gasteiger partial charge in [-0.25, -0.2) is 0 Å². The Morgan fingerprint density at radius 1 is 1.28 bits per heavy atom. The van der Waals surface area contributed by atoms with Gasteiger partial charge in [-0.1, -0.05) is 24.3 Å². The molecule has 6 aliphatic rings. The van der Waals surface area contributed by atoms with Crippen molar-refractivity contribution in [2.75, 3.05) is 0 Å². The second-order valence-electron chi connectivity index (χ2n) is 9.51. The van der Waals surface area contributed by atoms with E-state index < -0.39 is 0 Å². The van der Waals surface area contributed by atoms with Crippen LogP contribution in [0.25, 0.3) is 0 Å². The van der Waals surface area contributed by atoms with Crippen molar-refractivity contribution in [2.24, 2.45) is 22.7 Å². The number of fused-ring (bicyclic) bond motifs is 2. The van der Waals surface area contributed by atoms with Gasteiger partial charge in [-0.05, 0) is 56.2 Å². The van der Waals surface area contributed by atoms with Crippen LogP contribution in [-0.4, -0.2) is 46.6 Å². The number of esters is 1. The molecule has 1 saturated carbocycles. The molecule has 5 fully saturated rings. The second kappa shape index (κ2) is 5.66. The van der Waals surface area contributed by atoms with Gasteiger partial charge in [0, 0.05) is 24.9 Å². The first-order valence-electron chi connectivity index (χ1n) is 10.8. The Labute approximate surface area is 170 Å². The lowest BCUT2D eigenvalue weighted by Crippen LogP contribution is -2.69. The average molecular weight is 390 g/mol. The molecule has 1 spiro atoms. The number of hydrogen-bond acceptors (Lipinski definition) is 5. The molecule has 2 unspecified atom stereocenters. The van der Waals surface area contributed by atoms with Crippen molar-refractivity contribution in [3.8, 4) is 0 Å². The highest BCUT2D eigenvalue weighted by Crippen LogP contribution is 2.67. The molecule has 0 amide bonds. The van der Waals surface area contributed by atoms with E-state index in [1.165, 1.54) is 18.2 Å². The molecule has 1 aromatic carbocycles. The van der Waals surface area contributed by atoms with Gasteiger partial charge >= 0.3 is 5.97 Å². The molecule has 9 atom stereocenters. The van der Waals surface area contributed by atoms with Crippen LogP contribution < -0.4 is 0 Å². The molecule has 1 aliphatic carbocycles. The van der Waals surface area contributed by atoms with Gasteiger partial charge in [0.1, 0.15) is 6.10 Å². The van der Waals surface area contributed by atoms with Crippen molar-refractivity contribution in [2.45, 2.75) is 63.3 Å². The van der Waals surface area contributed by atoms with Gasteiger partial charge in [-0.2, -0.15) is 0 Å². The quantitative estimate of drug-likeness (QED) is 0.587. The number of piperidine rings is 4. The largest absolute Gasteiger partial charge is 0.461 e. The van der Waals surface area contributed by atoms with Crippen LogP contribution in [0.4, 0.5) is 5.69 Å². The first-order chi connectivity index (χ1) is 13.9. The molecule has 5 bridgehead atoms. The summed E-state index contributed by atoms with van der Waals surface area (Å²) in [5.41, 5.74) is 3.23. The molecule has 5 heterocycles. The molecule has 4 saturated heterocycles. The summed E-state index contributed by atoms with van der Waals surface area (Å²) in [5, 5.41) is 0. The van der Waals surface area contributed by atoms with Crippen molar-refractivity contribution in [1.82, 2.24) is 4.90 Å². The summed E-state index contributed by atoms with van der Waals surface area (Å²) in [6, 6.07) is 9.47. The van der Waals surface area contributed by atoms with Crippen LogP contribution in [0.15, 0.2) is 41.4 Å². The Morgan fingerprint density at radius 2 is 2.07 bits per heavy atom. The molecule has 0 aromatic heterocycles. The van der Waals surface area contributed by atoms with Crippen LogP contribution in [0, 0.1) is 17.8 Å². The van der Waals surface area contributed by atoms with E-state index in [1.54, 1.807) is 13.0 Å². The van der Waals surface area contributed by atoms with Gasteiger partial charge in [0.05, 0.1) is 22.9 Å². The summed E-state index contributed by atoms with van der Waals surface area (Å²) in [4.78, 5) is 31.6. The van der Waals surface area contributed by atoms with Crippen molar-refractivity contribution in [1.29, 1.82) is 0 Å². The van der Waals surface area contributed by atoms with Crippen molar-refractivity contribution < 1.29 is 14.3 Å². The first kappa shape index (κ1) is 17.6. The van der Waals surface area contributed by atoms with E-state index >= 15 is 0 Å². The summed E-state index contributed by atoms with van der Waals surface area (Å²) in [7, 11) is 0. The third-order valence-corrected chi connectivity index (χ3v) is 8.31. The highest BCUT2D eigenvalue weighted by atomic mass is 16.5. The average Bonchev–Trinajstić information content (AvgIpc) is 3.14. The monoisotopic (exact) mass is 390 g/mol. The third-order valence-electron chi connectivity index (χ3n) is 8.31. The van der Waals surface area contributed by atoms with Crippen LogP contribution in [0.2, 0.25) is 0 Å². The van der Waals surface area contributed by atoms with Crippen molar-refractivity contribution in [3.63, 3.8) is 0 Å². The molecule has 0 N–H and O–H groups in total. The SMILES string of the molecule is CC(=O)/C=C/[C@@H]1[C@@H]2C[C@H]3C4=Nc5ccccc5[C@]45C[C@@H](C2[C@H]5OC(C)=O)N3[C@H]1C. The van der Waals surface area contributed by atoms with Gasteiger partial charge in [0.2, 0.25) is 0 Å². The fourth-order valence-corrected chi connectivity index (χ4v) is 7.61. The van der Waals surface area contributed by atoms with E-state index in [0.29, 0.717) is 30.0 Å². The van der Waals surface area contributed by atoms with Crippen LogP contribution in [0.5, 0.6) is 0 Å². The van der Waals surface area contributed by atoms with E-state index in [0.717, 1.165) is 18.5 Å². The lowest BCUT2D eigenvalue weighted by molar-refractivity contribution is -0.156. The molecule has 0 radical (unpaired) electrons. The maximum absolute atomic E-state index is 12.2. The van der Waals surface area contributed by atoms with Crippen LogP contribution in [0.3, 0.4) is 0 Å². The lowest BCUT2D eigenvalue weighted by Gasteiger charge is -2.60. The van der Waals surface area contributed by atoms with Gasteiger partial charge in [-0.15, -0.1) is 0 Å². The van der Waals surface area contributed by atoms with Crippen molar-refractivity contribution in [3.05, 3.63) is 42.0 Å². The molecule has 150 valence electrons. The summed E-state index contributed by atoms with van der Waals surface area (Å²) in [5.74, 6) is 0.876. The number of para-hydroxylation sites is 1. The summed E-state index contributed by atoms with van der Waals surface area (Å²) in [6.07, 6.45) is 5.68. The number of hydrogen-bond donors (Lipinski definition) is 0. The van der Waals surface area contributed by atoms with E-state index in [2.05, 4.69) is 36.1 Å². The molecule has 1 aromatic rings. The molecule has 29 heavy (non-hydrogen) atoms. The fourth-order valence-electron chi connectivity index (χ4n) is 7.61. The molecule has 5 heteroatoms. The second-order valence-corrected chi connectivity index (χ2v) is 9.51. The highest BCUT2D eigenvalue weighted by Gasteiger charge is 2.74. The summed E-state index contributed by atoms with van der Waals surface area (Å²) in [6.45, 7) is 5.42. The van der Waals surface area contributed by atoms with Crippen LogP contribution in [-0.2, 0) is 19.7 Å². The zero-order chi connectivity index (χ0) is 20.1.